The van der Waals surface area contributed by atoms with Gasteiger partial charge in [0.25, 0.3) is 0 Å². The summed E-state index contributed by atoms with van der Waals surface area (Å²) in [5.74, 6) is 0. The Balaban J connectivity index is 1.69. The van der Waals surface area contributed by atoms with Crippen LogP contribution in [0.5, 0.6) is 0 Å². The maximum absolute atomic E-state index is 4.73. The number of nitrogens with zero attached hydrogens (tertiary/aromatic N) is 1. The molecule has 100 valence electrons. The van der Waals surface area contributed by atoms with Gasteiger partial charge in [0, 0.05) is 18.3 Å². The molecule has 0 aromatic carbocycles. The van der Waals surface area contributed by atoms with Crippen LogP contribution in [-0.4, -0.2) is 11.0 Å². The van der Waals surface area contributed by atoms with Gasteiger partial charge in [0.1, 0.15) is 0 Å². The molecule has 2 aromatic heterocycles. The van der Waals surface area contributed by atoms with E-state index in [1.54, 1.807) is 11.3 Å². The van der Waals surface area contributed by atoms with Crippen molar-refractivity contribution < 1.29 is 0 Å². The number of nitrogens with one attached hydrogen (secondary N) is 1. The topological polar surface area (TPSA) is 24.9 Å². The molecule has 0 saturated heterocycles. The predicted octanol–water partition coefficient (Wildman–Crippen LogP) is 4.15. The average molecular weight is 272 g/mol. The molecule has 2 nitrogen and oxygen atoms in total. The molecule has 1 fully saturated rings. The van der Waals surface area contributed by atoms with E-state index < -0.39 is 0 Å². The molecule has 0 bridgehead atoms. The Labute approximate surface area is 118 Å². The molecule has 1 N–H and O–H groups in total. The third-order valence-corrected chi connectivity index (χ3v) is 4.80. The second kappa shape index (κ2) is 5.85. The summed E-state index contributed by atoms with van der Waals surface area (Å²) in [7, 11) is 0. The largest absolute Gasteiger partial charge is 0.310 e. The fourth-order valence-electron chi connectivity index (χ4n) is 2.72. The average Bonchev–Trinajstić information content (AvgIpc) is 3.10. The SMILES string of the molecule is Cc1nc(-c2cccs2)ccc1CNC1CCCC1. The Hall–Kier alpha value is -1.19. The summed E-state index contributed by atoms with van der Waals surface area (Å²) < 4.78 is 0. The van der Waals surface area contributed by atoms with E-state index in [-0.39, 0.29) is 0 Å². The highest BCUT2D eigenvalue weighted by atomic mass is 32.1. The zero-order valence-corrected chi connectivity index (χ0v) is 12.2. The lowest BCUT2D eigenvalue weighted by Crippen LogP contribution is -2.25. The number of pyridine rings is 1. The lowest BCUT2D eigenvalue weighted by Gasteiger charge is -2.13. The molecule has 0 unspecified atom stereocenters. The van der Waals surface area contributed by atoms with Crippen molar-refractivity contribution >= 4 is 11.3 Å². The van der Waals surface area contributed by atoms with Gasteiger partial charge in [-0.25, -0.2) is 0 Å². The zero-order valence-electron chi connectivity index (χ0n) is 11.4. The molecule has 0 spiro atoms. The number of aryl methyl sites for hydroxylation is 1. The minimum Gasteiger partial charge on any atom is -0.310 e. The second-order valence-corrected chi connectivity index (χ2v) is 6.23. The van der Waals surface area contributed by atoms with Gasteiger partial charge in [-0.15, -0.1) is 11.3 Å². The van der Waals surface area contributed by atoms with Gasteiger partial charge >= 0.3 is 0 Å². The summed E-state index contributed by atoms with van der Waals surface area (Å²) in [6, 6.07) is 9.29. The first-order valence-electron chi connectivity index (χ1n) is 7.07. The van der Waals surface area contributed by atoms with E-state index in [0.717, 1.165) is 24.0 Å². The van der Waals surface area contributed by atoms with Gasteiger partial charge in [0.05, 0.1) is 10.6 Å². The van der Waals surface area contributed by atoms with Crippen LogP contribution in [0.4, 0.5) is 0 Å². The smallest absolute Gasteiger partial charge is 0.0805 e. The van der Waals surface area contributed by atoms with Crippen LogP contribution in [-0.2, 0) is 6.54 Å². The molecule has 1 aliphatic rings. The van der Waals surface area contributed by atoms with Crippen LogP contribution in [0.25, 0.3) is 10.6 Å². The highest BCUT2D eigenvalue weighted by molar-refractivity contribution is 7.13. The monoisotopic (exact) mass is 272 g/mol. The molecule has 1 aliphatic carbocycles. The Kier molecular flexibility index (Phi) is 3.95. The molecule has 0 amide bonds. The zero-order chi connectivity index (χ0) is 13.1. The summed E-state index contributed by atoms with van der Waals surface area (Å²) in [5.41, 5.74) is 3.57. The van der Waals surface area contributed by atoms with Crippen molar-refractivity contribution in [3.63, 3.8) is 0 Å². The van der Waals surface area contributed by atoms with Crippen LogP contribution >= 0.6 is 11.3 Å². The molecule has 19 heavy (non-hydrogen) atoms. The normalized spacial score (nSPS) is 16.1. The van der Waals surface area contributed by atoms with Crippen molar-refractivity contribution in [3.05, 3.63) is 40.9 Å². The van der Waals surface area contributed by atoms with Crippen LogP contribution in [0.2, 0.25) is 0 Å². The Morgan fingerprint density at radius 2 is 2.11 bits per heavy atom. The van der Waals surface area contributed by atoms with Crippen LogP contribution in [0.3, 0.4) is 0 Å². The van der Waals surface area contributed by atoms with E-state index in [0.29, 0.717) is 0 Å². The Morgan fingerprint density at radius 1 is 1.26 bits per heavy atom. The molecule has 3 heteroatoms. The predicted molar refractivity (Wildman–Crippen MR) is 81.4 cm³/mol. The van der Waals surface area contributed by atoms with Crippen molar-refractivity contribution in [2.24, 2.45) is 0 Å². The minimum absolute atomic E-state index is 0.719. The fraction of sp³-hybridized carbons (Fsp3) is 0.438. The van der Waals surface area contributed by atoms with Crippen molar-refractivity contribution in [2.45, 2.75) is 45.2 Å². The number of hydrogen-bond acceptors (Lipinski definition) is 3. The highest BCUT2D eigenvalue weighted by Crippen LogP contribution is 2.24. The molecular formula is C16H20N2S. The molecule has 0 radical (unpaired) electrons. The maximum Gasteiger partial charge on any atom is 0.0805 e. The maximum atomic E-state index is 4.73. The van der Waals surface area contributed by atoms with Crippen molar-refractivity contribution in [1.82, 2.24) is 10.3 Å². The molecular weight excluding hydrogens is 252 g/mol. The number of hydrogen-bond donors (Lipinski definition) is 1. The molecule has 2 aromatic rings. The molecule has 3 rings (SSSR count). The van der Waals surface area contributed by atoms with E-state index in [1.807, 2.05) is 0 Å². The second-order valence-electron chi connectivity index (χ2n) is 5.28. The summed E-state index contributed by atoms with van der Waals surface area (Å²) in [5, 5.41) is 5.75. The van der Waals surface area contributed by atoms with Crippen molar-refractivity contribution in [3.8, 4) is 10.6 Å². The fourth-order valence-corrected chi connectivity index (χ4v) is 3.42. The summed E-state index contributed by atoms with van der Waals surface area (Å²) >= 11 is 1.75. The van der Waals surface area contributed by atoms with Crippen LogP contribution in [0.15, 0.2) is 29.6 Å². The first-order chi connectivity index (χ1) is 9.33. The first kappa shape index (κ1) is 12.8. The third-order valence-electron chi connectivity index (χ3n) is 3.91. The summed E-state index contributed by atoms with van der Waals surface area (Å²) in [6.07, 6.45) is 5.43. The number of thiophene rings is 1. The quantitative estimate of drug-likeness (QED) is 0.904. The lowest BCUT2D eigenvalue weighted by molar-refractivity contribution is 0.522. The van der Waals surface area contributed by atoms with Gasteiger partial charge in [0.15, 0.2) is 0 Å². The molecule has 2 heterocycles. The van der Waals surface area contributed by atoms with Crippen molar-refractivity contribution in [1.29, 1.82) is 0 Å². The van der Waals surface area contributed by atoms with Crippen LogP contribution < -0.4 is 5.32 Å². The van der Waals surface area contributed by atoms with Crippen LogP contribution in [0.1, 0.15) is 36.9 Å². The van der Waals surface area contributed by atoms with E-state index in [2.05, 4.69) is 41.9 Å². The minimum atomic E-state index is 0.719. The van der Waals surface area contributed by atoms with Gasteiger partial charge < -0.3 is 5.32 Å². The van der Waals surface area contributed by atoms with Gasteiger partial charge in [-0.3, -0.25) is 4.98 Å². The number of aromatic nitrogens is 1. The van der Waals surface area contributed by atoms with Gasteiger partial charge in [0.2, 0.25) is 0 Å². The van der Waals surface area contributed by atoms with E-state index >= 15 is 0 Å². The third kappa shape index (κ3) is 3.04. The van der Waals surface area contributed by atoms with Gasteiger partial charge in [-0.05, 0) is 42.8 Å². The molecule has 1 saturated carbocycles. The summed E-state index contributed by atoms with van der Waals surface area (Å²) in [4.78, 5) is 5.98. The highest BCUT2D eigenvalue weighted by Gasteiger charge is 2.14. The Bertz CT molecular complexity index is 528. The molecule has 0 aliphatic heterocycles. The van der Waals surface area contributed by atoms with Crippen molar-refractivity contribution in [2.75, 3.05) is 0 Å². The van der Waals surface area contributed by atoms with E-state index in [1.165, 1.54) is 36.1 Å². The first-order valence-corrected chi connectivity index (χ1v) is 7.94. The van der Waals surface area contributed by atoms with E-state index in [4.69, 9.17) is 4.98 Å². The summed E-state index contributed by atoms with van der Waals surface area (Å²) in [6.45, 7) is 3.07. The lowest BCUT2D eigenvalue weighted by atomic mass is 10.1. The van der Waals surface area contributed by atoms with Gasteiger partial charge in [-0.2, -0.15) is 0 Å². The van der Waals surface area contributed by atoms with Crippen LogP contribution in [0, 0.1) is 6.92 Å². The number of rotatable bonds is 4. The molecule has 0 atom stereocenters. The van der Waals surface area contributed by atoms with E-state index in [9.17, 15) is 0 Å². The van der Waals surface area contributed by atoms with Gasteiger partial charge in [-0.1, -0.05) is 25.0 Å². The Morgan fingerprint density at radius 3 is 2.79 bits per heavy atom. The standard InChI is InChI=1S/C16H20N2S/c1-12-13(11-17-14-5-2-3-6-14)8-9-15(18-12)16-7-4-10-19-16/h4,7-10,14,17H,2-3,5-6,11H2,1H3.